The number of hydrogen-bond acceptors (Lipinski definition) is 1. The molecule has 7 heteroatoms. The van der Waals surface area contributed by atoms with E-state index < -0.39 is 56.5 Å². The Bertz CT molecular complexity index is 339. The number of hydrogen-bond donors (Lipinski definition) is 0. The molecule has 0 radical (unpaired) electrons. The van der Waals surface area contributed by atoms with Crippen LogP contribution in [0.1, 0.15) is 0 Å². The Balaban J connectivity index is 3.43. The molecular weight excluding hydrogens is 322 g/mol. The Morgan fingerprint density at radius 3 is 1.50 bits per heavy atom. The third kappa shape index (κ3) is 1.77. The summed E-state index contributed by atoms with van der Waals surface area (Å²) in [6.45, 7) is 0. The first kappa shape index (κ1) is 11.5. The van der Waals surface area contributed by atoms with Crippen LogP contribution in [0.4, 0.5) is 22.0 Å². The molecule has 80 valence electrons. The van der Waals surface area contributed by atoms with Crippen molar-refractivity contribution in [2.75, 3.05) is 4.93 Å². The first-order valence-corrected chi connectivity index (χ1v) is 6.22. The fourth-order valence-corrected chi connectivity index (χ4v) is 1.56. The Morgan fingerprint density at radius 1 is 0.786 bits per heavy atom. The van der Waals surface area contributed by atoms with Crippen molar-refractivity contribution in [1.29, 1.82) is 0 Å². The van der Waals surface area contributed by atoms with E-state index in [9.17, 15) is 22.0 Å². The van der Waals surface area contributed by atoms with Gasteiger partial charge in [-0.1, -0.05) is 0 Å². The maximum atomic E-state index is 12.8. The maximum absolute atomic E-state index is 12.8. The van der Waals surface area contributed by atoms with E-state index in [1.165, 1.54) is 4.93 Å². The van der Waals surface area contributed by atoms with Crippen LogP contribution >= 0.6 is 0 Å². The fourth-order valence-electron chi connectivity index (χ4n) is 0.730. The monoisotopic (exact) mass is 325 g/mol. The molecule has 0 fully saturated rings. The van der Waals surface area contributed by atoms with Crippen LogP contribution in [-0.4, -0.2) is 4.93 Å². The van der Waals surface area contributed by atoms with E-state index >= 15 is 0 Å². The van der Waals surface area contributed by atoms with Crippen LogP contribution in [0.15, 0.2) is 0 Å². The second kappa shape index (κ2) is 4.28. The number of alkyl halides is 1. The summed E-state index contributed by atoms with van der Waals surface area (Å²) in [6, 6.07) is 0. The van der Waals surface area contributed by atoms with Gasteiger partial charge in [-0.05, 0) is 0 Å². The minimum atomic E-state index is -2.18. The van der Waals surface area contributed by atoms with Crippen molar-refractivity contribution in [3.05, 3.63) is 29.1 Å². The minimum absolute atomic E-state index is 1.08. The van der Waals surface area contributed by atoms with Gasteiger partial charge in [0, 0.05) is 0 Å². The van der Waals surface area contributed by atoms with Crippen LogP contribution in [0.3, 0.4) is 0 Å². The number of halogens is 6. The third-order valence-corrected chi connectivity index (χ3v) is 2.20. The van der Waals surface area contributed by atoms with Gasteiger partial charge in [0.2, 0.25) is 0 Å². The van der Waals surface area contributed by atoms with E-state index in [4.69, 9.17) is 0 Å². The second-order valence-electron chi connectivity index (χ2n) is 2.13. The van der Waals surface area contributed by atoms with Crippen molar-refractivity contribution in [3.8, 4) is 5.75 Å². The normalized spacial score (nSPS) is 10.7. The van der Waals surface area contributed by atoms with Gasteiger partial charge in [0.15, 0.2) is 0 Å². The van der Waals surface area contributed by atoms with E-state index in [-0.39, 0.29) is 0 Å². The summed E-state index contributed by atoms with van der Waals surface area (Å²) in [5, 5.41) is 0. The van der Waals surface area contributed by atoms with Crippen molar-refractivity contribution in [2.24, 2.45) is 0 Å². The number of benzene rings is 1. The molecule has 14 heavy (non-hydrogen) atoms. The average molecular weight is 325 g/mol. The van der Waals surface area contributed by atoms with Gasteiger partial charge in [0.25, 0.3) is 0 Å². The van der Waals surface area contributed by atoms with E-state index in [1.54, 1.807) is 0 Å². The molecule has 0 aliphatic rings. The quantitative estimate of drug-likeness (QED) is 0.232. The molecule has 1 rings (SSSR count). The van der Waals surface area contributed by atoms with Crippen LogP contribution < -0.4 is 24.7 Å². The van der Waals surface area contributed by atoms with Gasteiger partial charge in [0.1, 0.15) is 0 Å². The summed E-state index contributed by atoms with van der Waals surface area (Å²) < 4.78 is 67.4. The zero-order valence-electron chi connectivity index (χ0n) is 6.68. The molecule has 0 heterocycles. The van der Waals surface area contributed by atoms with Crippen LogP contribution in [-0.2, 0) is 0 Å². The standard InChI is InChI=1S/C7H3F5IO/c1-13-14-7-5(11)3(9)2(8)4(10)6(7)12/h1H3/q-1. The Labute approximate surface area is 86.7 Å². The fraction of sp³-hybridized carbons (Fsp3) is 0.143. The zero-order valence-corrected chi connectivity index (χ0v) is 8.83. The molecule has 1 aromatic rings. The molecule has 0 aliphatic heterocycles. The molecule has 0 atom stereocenters. The predicted molar refractivity (Wildman–Crippen MR) is 32.8 cm³/mol. The van der Waals surface area contributed by atoms with Gasteiger partial charge >= 0.3 is 86.4 Å². The van der Waals surface area contributed by atoms with Gasteiger partial charge in [-0.3, -0.25) is 0 Å². The van der Waals surface area contributed by atoms with Gasteiger partial charge in [-0.25, -0.2) is 0 Å². The van der Waals surface area contributed by atoms with Crippen molar-refractivity contribution in [3.63, 3.8) is 0 Å². The third-order valence-electron chi connectivity index (χ3n) is 1.32. The zero-order chi connectivity index (χ0) is 10.9. The number of rotatable bonds is 2. The summed E-state index contributed by atoms with van der Waals surface area (Å²) >= 11 is -1.08. The summed E-state index contributed by atoms with van der Waals surface area (Å²) in [6.07, 6.45) is 0. The van der Waals surface area contributed by atoms with Crippen molar-refractivity contribution < 1.29 is 46.6 Å². The topological polar surface area (TPSA) is 9.23 Å². The van der Waals surface area contributed by atoms with Gasteiger partial charge in [-0.15, -0.1) is 0 Å². The molecule has 0 saturated carbocycles. The first-order valence-electron chi connectivity index (χ1n) is 3.18. The summed E-state index contributed by atoms with van der Waals surface area (Å²) in [5.74, 6) is -11.2. The van der Waals surface area contributed by atoms with E-state index in [0.717, 1.165) is 0 Å². The van der Waals surface area contributed by atoms with E-state index in [0.29, 0.717) is 0 Å². The van der Waals surface area contributed by atoms with Gasteiger partial charge in [-0.2, -0.15) is 0 Å². The molecule has 0 aliphatic carbocycles. The predicted octanol–water partition coefficient (Wildman–Crippen LogP) is -0.605. The van der Waals surface area contributed by atoms with Crippen LogP contribution in [0.25, 0.3) is 0 Å². The molecule has 0 N–H and O–H groups in total. The van der Waals surface area contributed by atoms with Crippen LogP contribution in [0.5, 0.6) is 5.75 Å². The van der Waals surface area contributed by atoms with Gasteiger partial charge in [0.05, 0.1) is 0 Å². The molecule has 1 nitrogen and oxygen atoms in total. The van der Waals surface area contributed by atoms with Crippen LogP contribution in [0, 0.1) is 29.1 Å². The summed E-state index contributed by atoms with van der Waals surface area (Å²) in [7, 11) is 0. The molecular formula is C7H3F5IO-. The van der Waals surface area contributed by atoms with Crippen molar-refractivity contribution >= 4 is 0 Å². The van der Waals surface area contributed by atoms with E-state index in [1.807, 2.05) is 0 Å². The first-order chi connectivity index (χ1) is 6.50. The molecule has 0 unspecified atom stereocenters. The second-order valence-corrected chi connectivity index (χ2v) is 3.45. The molecule has 1 aromatic carbocycles. The van der Waals surface area contributed by atoms with E-state index in [2.05, 4.69) is 3.07 Å². The Morgan fingerprint density at radius 2 is 1.14 bits per heavy atom. The molecule has 0 amide bonds. The molecule has 0 aromatic heterocycles. The average Bonchev–Trinajstić information content (AvgIpc) is 2.19. The SMILES string of the molecule is C[I-]Oc1c(F)c(F)c(F)c(F)c1F. The van der Waals surface area contributed by atoms with Crippen molar-refractivity contribution in [2.45, 2.75) is 0 Å². The van der Waals surface area contributed by atoms with Gasteiger partial charge < -0.3 is 0 Å². The summed E-state index contributed by atoms with van der Waals surface area (Å²) in [5.41, 5.74) is 0. The van der Waals surface area contributed by atoms with Crippen LogP contribution in [0.2, 0.25) is 0 Å². The molecule has 0 saturated heterocycles. The Kier molecular flexibility index (Phi) is 3.51. The Hall–Kier alpha value is -0.600. The molecule has 0 bridgehead atoms. The molecule has 0 spiro atoms. The van der Waals surface area contributed by atoms with Crippen molar-refractivity contribution in [1.82, 2.24) is 0 Å². The summed E-state index contributed by atoms with van der Waals surface area (Å²) in [4.78, 5) is 1.47.